The Morgan fingerprint density at radius 3 is 2.52 bits per heavy atom. The van der Waals surface area contributed by atoms with Gasteiger partial charge in [-0.25, -0.2) is 0 Å². The Morgan fingerprint density at radius 1 is 1.10 bits per heavy atom. The van der Waals surface area contributed by atoms with Crippen LogP contribution in [0.1, 0.15) is 67.2 Å². The van der Waals surface area contributed by atoms with Gasteiger partial charge in [-0.15, -0.1) is 0 Å². The van der Waals surface area contributed by atoms with E-state index in [0.29, 0.717) is 25.6 Å². The molecule has 31 heavy (non-hydrogen) atoms. The van der Waals surface area contributed by atoms with Crippen LogP contribution < -0.4 is 4.74 Å². The molecule has 1 aliphatic carbocycles. The van der Waals surface area contributed by atoms with E-state index in [2.05, 4.69) is 42.2 Å². The number of benzene rings is 2. The van der Waals surface area contributed by atoms with Gasteiger partial charge in [-0.2, -0.15) is 0 Å². The lowest BCUT2D eigenvalue weighted by atomic mass is 9.84. The van der Waals surface area contributed by atoms with E-state index in [9.17, 15) is 4.79 Å². The summed E-state index contributed by atoms with van der Waals surface area (Å²) < 4.78 is 6.15. The number of rotatable bonds is 8. The lowest BCUT2D eigenvalue weighted by molar-refractivity contribution is -0.147. The van der Waals surface area contributed by atoms with Gasteiger partial charge >= 0.3 is 5.97 Å². The minimum atomic E-state index is -0.693. The van der Waals surface area contributed by atoms with E-state index in [4.69, 9.17) is 21.4 Å². The average Bonchev–Trinajstić information content (AvgIpc) is 2.75. The van der Waals surface area contributed by atoms with Crippen molar-refractivity contribution in [3.63, 3.8) is 0 Å². The van der Waals surface area contributed by atoms with Crippen LogP contribution in [0.3, 0.4) is 0 Å². The maximum absolute atomic E-state index is 11.0. The van der Waals surface area contributed by atoms with Gasteiger partial charge in [-0.1, -0.05) is 62.1 Å². The predicted molar refractivity (Wildman–Crippen MR) is 124 cm³/mol. The molecule has 4 nitrogen and oxygen atoms in total. The molecule has 2 aromatic carbocycles. The number of likely N-dealkylation sites (tertiary alicyclic amines) is 1. The van der Waals surface area contributed by atoms with Crippen molar-refractivity contribution in [1.29, 1.82) is 0 Å². The van der Waals surface area contributed by atoms with Crippen LogP contribution in [-0.2, 0) is 24.4 Å². The Kier molecular flexibility index (Phi) is 7.19. The lowest BCUT2D eigenvalue weighted by Crippen LogP contribution is -2.49. The first-order chi connectivity index (χ1) is 15.0. The van der Waals surface area contributed by atoms with Gasteiger partial charge in [0.1, 0.15) is 12.4 Å². The van der Waals surface area contributed by atoms with E-state index in [1.54, 1.807) is 0 Å². The molecule has 1 saturated heterocycles. The van der Waals surface area contributed by atoms with Crippen LogP contribution in [0.25, 0.3) is 0 Å². The zero-order valence-electron chi connectivity index (χ0n) is 18.3. The number of carboxylic acids is 1. The molecule has 1 saturated carbocycles. The van der Waals surface area contributed by atoms with Gasteiger partial charge < -0.3 is 9.84 Å². The summed E-state index contributed by atoms with van der Waals surface area (Å²) in [6.07, 6.45) is 7.34. The molecule has 0 aromatic heterocycles. The van der Waals surface area contributed by atoms with E-state index < -0.39 is 5.97 Å². The average molecular weight is 442 g/mol. The zero-order valence-corrected chi connectivity index (χ0v) is 19.0. The minimum Gasteiger partial charge on any atom is -0.489 e. The van der Waals surface area contributed by atoms with E-state index in [0.717, 1.165) is 29.3 Å². The number of halogens is 1. The molecule has 2 aromatic rings. The number of aliphatic carboxylic acids is 1. The zero-order chi connectivity index (χ0) is 21.8. The van der Waals surface area contributed by atoms with Gasteiger partial charge in [0.05, 0.1) is 5.92 Å². The molecule has 4 rings (SSSR count). The van der Waals surface area contributed by atoms with Crippen LogP contribution in [0.2, 0.25) is 5.02 Å². The molecule has 0 bridgehead atoms. The van der Waals surface area contributed by atoms with Gasteiger partial charge in [-0.3, -0.25) is 9.69 Å². The number of hydrogen-bond donors (Lipinski definition) is 1. The highest BCUT2D eigenvalue weighted by Crippen LogP contribution is 2.36. The van der Waals surface area contributed by atoms with E-state index in [1.165, 1.54) is 48.8 Å². The van der Waals surface area contributed by atoms with Crippen LogP contribution in [0.15, 0.2) is 36.4 Å². The Labute approximate surface area is 190 Å². The molecule has 1 N–H and O–H groups in total. The summed E-state index contributed by atoms with van der Waals surface area (Å²) >= 11 is 6.62. The van der Waals surface area contributed by atoms with Crippen LogP contribution in [0.4, 0.5) is 0 Å². The van der Waals surface area contributed by atoms with Gasteiger partial charge in [0.25, 0.3) is 0 Å². The van der Waals surface area contributed by atoms with Gasteiger partial charge in [0, 0.05) is 24.7 Å². The summed E-state index contributed by atoms with van der Waals surface area (Å²) in [4.78, 5) is 13.2. The molecule has 2 aliphatic rings. The van der Waals surface area contributed by atoms with Crippen molar-refractivity contribution >= 4 is 17.6 Å². The van der Waals surface area contributed by atoms with Crippen LogP contribution in [0, 0.1) is 5.92 Å². The van der Waals surface area contributed by atoms with Gasteiger partial charge in [-0.05, 0) is 59.6 Å². The highest BCUT2D eigenvalue weighted by molar-refractivity contribution is 6.31. The maximum atomic E-state index is 11.0. The fraction of sp³-hybridized carbons (Fsp3) is 0.500. The topological polar surface area (TPSA) is 49.8 Å². The van der Waals surface area contributed by atoms with Crippen molar-refractivity contribution in [2.75, 3.05) is 13.1 Å². The fourth-order valence-corrected chi connectivity index (χ4v) is 5.19. The molecule has 1 aliphatic heterocycles. The molecule has 0 atom stereocenters. The predicted octanol–water partition coefficient (Wildman–Crippen LogP) is 6.05. The summed E-state index contributed by atoms with van der Waals surface area (Å²) in [6.45, 7) is 4.68. The largest absolute Gasteiger partial charge is 0.489 e. The molecule has 5 heteroatoms. The van der Waals surface area contributed by atoms with Gasteiger partial charge in [0.2, 0.25) is 0 Å². The first kappa shape index (κ1) is 22.2. The number of nitrogens with zero attached hydrogens (tertiary/aromatic N) is 1. The van der Waals surface area contributed by atoms with Crippen molar-refractivity contribution < 1.29 is 14.6 Å². The minimum absolute atomic E-state index is 0.218. The maximum Gasteiger partial charge on any atom is 0.309 e. The molecule has 1 heterocycles. The van der Waals surface area contributed by atoms with Crippen molar-refractivity contribution in [3.05, 3.63) is 63.7 Å². The Hall–Kier alpha value is -2.04. The molecule has 0 amide bonds. The number of carboxylic acid groups (broad SMARTS) is 1. The van der Waals surface area contributed by atoms with Crippen molar-refractivity contribution in [2.24, 2.45) is 5.92 Å². The highest BCUT2D eigenvalue weighted by atomic mass is 35.5. The van der Waals surface area contributed by atoms with Gasteiger partial charge in [0.15, 0.2) is 0 Å². The number of carbonyl (C=O) groups is 1. The summed E-state index contributed by atoms with van der Waals surface area (Å²) in [6, 6.07) is 12.7. The van der Waals surface area contributed by atoms with Crippen molar-refractivity contribution in [3.8, 4) is 5.75 Å². The third kappa shape index (κ3) is 5.42. The summed E-state index contributed by atoms with van der Waals surface area (Å²) in [5, 5.41) is 9.90. The second-order valence-electron chi connectivity index (χ2n) is 9.00. The first-order valence-electron chi connectivity index (χ1n) is 11.5. The smallest absolute Gasteiger partial charge is 0.309 e. The quantitative estimate of drug-likeness (QED) is 0.542. The molecule has 166 valence electrons. The molecular weight excluding hydrogens is 410 g/mol. The summed E-state index contributed by atoms with van der Waals surface area (Å²) in [5.74, 6) is 0.601. The van der Waals surface area contributed by atoms with Crippen molar-refractivity contribution in [1.82, 2.24) is 4.90 Å². The summed E-state index contributed by atoms with van der Waals surface area (Å²) in [5.41, 5.74) is 4.77. The standard InChI is InChI=1S/C26H32ClNO3/c1-2-20-12-18(14-28-15-22(16-28)26(29)30)9-11-25(20)31-17-19-8-10-23(24(27)13-19)21-6-4-3-5-7-21/h8-13,21-22H,2-7,14-17H2,1H3,(H,29,30). The molecule has 0 spiro atoms. The first-order valence-corrected chi connectivity index (χ1v) is 11.9. The fourth-order valence-electron chi connectivity index (χ4n) is 4.83. The SMILES string of the molecule is CCc1cc(CN2CC(C(=O)O)C2)ccc1OCc1ccc(C2CCCCC2)c(Cl)c1. The number of hydrogen-bond acceptors (Lipinski definition) is 3. The van der Waals surface area contributed by atoms with Crippen LogP contribution >= 0.6 is 11.6 Å². The number of ether oxygens (including phenoxy) is 1. The molecule has 2 fully saturated rings. The van der Waals surface area contributed by atoms with Crippen LogP contribution in [-0.4, -0.2) is 29.1 Å². The normalized spacial score (nSPS) is 18.0. The molecular formula is C26H32ClNO3. The third-order valence-electron chi connectivity index (χ3n) is 6.72. The molecule has 0 radical (unpaired) electrons. The lowest BCUT2D eigenvalue weighted by Gasteiger charge is -2.36. The molecule has 0 unspecified atom stereocenters. The van der Waals surface area contributed by atoms with Crippen molar-refractivity contribution in [2.45, 2.75) is 64.5 Å². The summed E-state index contributed by atoms with van der Waals surface area (Å²) in [7, 11) is 0. The highest BCUT2D eigenvalue weighted by Gasteiger charge is 2.32. The monoisotopic (exact) mass is 441 g/mol. The Morgan fingerprint density at radius 2 is 1.84 bits per heavy atom. The Bertz CT molecular complexity index is 917. The van der Waals surface area contributed by atoms with E-state index in [1.807, 2.05) is 6.07 Å². The van der Waals surface area contributed by atoms with E-state index >= 15 is 0 Å². The Balaban J connectivity index is 1.35. The third-order valence-corrected chi connectivity index (χ3v) is 7.05. The van der Waals surface area contributed by atoms with Crippen LogP contribution in [0.5, 0.6) is 5.75 Å². The number of aryl methyl sites for hydroxylation is 1. The van der Waals surface area contributed by atoms with E-state index in [-0.39, 0.29) is 5.92 Å². The second kappa shape index (κ2) is 10.1. The second-order valence-corrected chi connectivity index (χ2v) is 9.41.